The van der Waals surface area contributed by atoms with Gasteiger partial charge in [-0.05, 0) is 73.9 Å². The van der Waals surface area contributed by atoms with E-state index in [4.69, 9.17) is 19.4 Å². The van der Waals surface area contributed by atoms with Gasteiger partial charge in [0.1, 0.15) is 51.7 Å². The van der Waals surface area contributed by atoms with Gasteiger partial charge in [-0.1, -0.05) is 40.7 Å². The molecule has 7 rings (SSSR count). The number of aromatic nitrogens is 2. The zero-order chi connectivity index (χ0) is 42.6. The molecule has 1 saturated heterocycles. The van der Waals surface area contributed by atoms with Crippen LogP contribution < -0.4 is 24.8 Å². The first-order chi connectivity index (χ1) is 27.8. The zero-order valence-electron chi connectivity index (χ0n) is 34.3. The number of hydrogen-bond donors (Lipinski definition) is 3. The normalized spacial score (nSPS) is 22.2. The number of carbonyl (C=O) groups excluding carboxylic acids is 3. The molecule has 2 aromatic heterocycles. The van der Waals surface area contributed by atoms with Crippen LogP contribution in [0.25, 0.3) is 21.6 Å². The fourth-order valence-electron chi connectivity index (χ4n) is 7.58. The number of ether oxygens (including phenoxy) is 2. The molecule has 16 heteroatoms. The average Bonchev–Trinajstić information content (AvgIpc) is 4.07. The topological polar surface area (TPSA) is 169 Å². The van der Waals surface area contributed by atoms with Crippen LogP contribution in [-0.2, 0) is 24.4 Å². The Morgan fingerprint density at radius 1 is 1.08 bits per heavy atom. The van der Waals surface area contributed by atoms with Crippen LogP contribution in [0.15, 0.2) is 60.5 Å². The highest BCUT2D eigenvalue weighted by atomic mass is 32.2. The van der Waals surface area contributed by atoms with Crippen LogP contribution in [0.3, 0.4) is 0 Å². The number of halogens is 1. The number of amides is 3. The van der Waals surface area contributed by atoms with Gasteiger partial charge in [-0.3, -0.25) is 19.1 Å². The van der Waals surface area contributed by atoms with Crippen molar-refractivity contribution < 1.29 is 36.7 Å². The maximum atomic E-state index is 14.9. The van der Waals surface area contributed by atoms with Crippen molar-refractivity contribution in [3.8, 4) is 22.2 Å². The number of likely N-dealkylation sites (tertiary alicyclic amines) is 1. The summed E-state index contributed by atoms with van der Waals surface area (Å²) in [5, 5.41) is 8.88. The Hall–Kier alpha value is -5.09. The number of benzene rings is 2. The predicted molar refractivity (Wildman–Crippen MR) is 225 cm³/mol. The maximum Gasteiger partial charge on any atom is 0.259 e. The highest BCUT2D eigenvalue weighted by molar-refractivity contribution is 7.91. The fraction of sp³-hybridized carbons (Fsp3) is 0.465. The first-order valence-electron chi connectivity index (χ1n) is 19.8. The highest BCUT2D eigenvalue weighted by Gasteiger charge is 2.62. The van der Waals surface area contributed by atoms with Gasteiger partial charge in [0.25, 0.3) is 5.91 Å². The third-order valence-corrected chi connectivity index (χ3v) is 14.1. The van der Waals surface area contributed by atoms with Gasteiger partial charge in [-0.15, -0.1) is 17.9 Å². The zero-order valence-corrected chi connectivity index (χ0v) is 35.9. The Labute approximate surface area is 348 Å². The largest absolute Gasteiger partial charge is 0.496 e. The second-order valence-electron chi connectivity index (χ2n) is 17.1. The molecular weight excluding hydrogens is 796 g/mol. The molecule has 314 valence electrons. The second kappa shape index (κ2) is 15.8. The van der Waals surface area contributed by atoms with E-state index in [0.717, 1.165) is 11.3 Å². The molecule has 0 bridgehead atoms. The first-order valence-corrected chi connectivity index (χ1v) is 22.2. The van der Waals surface area contributed by atoms with E-state index in [1.807, 2.05) is 51.3 Å². The average molecular weight is 847 g/mol. The number of sulfonamides is 1. The summed E-state index contributed by atoms with van der Waals surface area (Å²) in [6.45, 7) is 15.5. The van der Waals surface area contributed by atoms with E-state index in [1.54, 1.807) is 7.11 Å². The first kappa shape index (κ1) is 42.0. The van der Waals surface area contributed by atoms with Gasteiger partial charge >= 0.3 is 0 Å². The highest BCUT2D eigenvalue weighted by Crippen LogP contribution is 2.46. The van der Waals surface area contributed by atoms with Gasteiger partial charge in [0, 0.05) is 40.4 Å². The van der Waals surface area contributed by atoms with E-state index >= 15 is 0 Å². The number of hydrogen-bond acceptors (Lipinski definition) is 11. The van der Waals surface area contributed by atoms with E-state index < -0.39 is 73.9 Å². The predicted octanol–water partition coefficient (Wildman–Crippen LogP) is 6.48. The van der Waals surface area contributed by atoms with Crippen molar-refractivity contribution in [1.82, 2.24) is 24.9 Å². The molecule has 0 spiro atoms. The van der Waals surface area contributed by atoms with Crippen LogP contribution in [0.2, 0.25) is 0 Å². The lowest BCUT2D eigenvalue weighted by Crippen LogP contribution is -2.58. The summed E-state index contributed by atoms with van der Waals surface area (Å²) >= 11 is 1.47. The molecule has 3 fully saturated rings. The minimum Gasteiger partial charge on any atom is -0.496 e. The molecule has 1 aliphatic heterocycles. The van der Waals surface area contributed by atoms with Gasteiger partial charge in [0.15, 0.2) is 0 Å². The minimum absolute atomic E-state index is 0.00221. The Balaban J connectivity index is 1.25. The van der Waals surface area contributed by atoms with Crippen LogP contribution in [0.5, 0.6) is 11.5 Å². The molecule has 0 radical (unpaired) electrons. The van der Waals surface area contributed by atoms with Crippen molar-refractivity contribution >= 4 is 55.7 Å². The van der Waals surface area contributed by atoms with Gasteiger partial charge in [0.2, 0.25) is 21.8 Å². The molecule has 2 saturated carbocycles. The van der Waals surface area contributed by atoms with Crippen LogP contribution in [-0.4, -0.2) is 83.6 Å². The monoisotopic (exact) mass is 846 g/mol. The van der Waals surface area contributed by atoms with E-state index in [-0.39, 0.29) is 25.3 Å². The molecule has 0 unspecified atom stereocenters. The van der Waals surface area contributed by atoms with Crippen molar-refractivity contribution in [3.05, 3.63) is 77.6 Å². The smallest absolute Gasteiger partial charge is 0.259 e. The Morgan fingerprint density at radius 3 is 2.39 bits per heavy atom. The summed E-state index contributed by atoms with van der Waals surface area (Å²) in [6.07, 6.45) is 1.92. The summed E-state index contributed by atoms with van der Waals surface area (Å²) in [5.41, 5.74) is 1.23. The maximum absolute atomic E-state index is 14.9. The molecule has 2 aliphatic carbocycles. The molecule has 3 aliphatic rings. The molecule has 3 N–H and O–H groups in total. The minimum atomic E-state index is -3.91. The number of rotatable bonds is 14. The quantitative estimate of drug-likeness (QED) is 0.120. The summed E-state index contributed by atoms with van der Waals surface area (Å²) in [5.74, 6) is -1.50. The van der Waals surface area contributed by atoms with Crippen molar-refractivity contribution in [3.63, 3.8) is 0 Å². The molecule has 4 aromatic rings. The molecule has 3 amide bonds. The lowest BCUT2D eigenvalue weighted by Gasteiger charge is -2.36. The molecule has 13 nitrogen and oxygen atoms in total. The number of fused-ring (bicyclic) bond motifs is 1. The molecule has 5 atom stereocenters. The fourth-order valence-corrected chi connectivity index (χ4v) is 9.88. The van der Waals surface area contributed by atoms with Gasteiger partial charge in [-0.25, -0.2) is 22.8 Å². The molecule has 59 heavy (non-hydrogen) atoms. The van der Waals surface area contributed by atoms with Crippen LogP contribution in [0, 0.1) is 24.1 Å². The molecule has 3 heterocycles. The number of nitrogens with one attached hydrogen (secondary N) is 3. The third-order valence-electron chi connectivity index (χ3n) is 11.4. The Morgan fingerprint density at radius 2 is 1.80 bits per heavy atom. The second-order valence-corrected chi connectivity index (χ2v) is 20.0. The third kappa shape index (κ3) is 8.51. The summed E-state index contributed by atoms with van der Waals surface area (Å²) in [7, 11) is -2.32. The van der Waals surface area contributed by atoms with Crippen LogP contribution in [0.4, 0.5) is 10.1 Å². The van der Waals surface area contributed by atoms with E-state index in [2.05, 4.69) is 35.8 Å². The number of pyridine rings is 1. The molecular formula is C43H51FN6O7S2. The van der Waals surface area contributed by atoms with Crippen molar-refractivity contribution in [2.24, 2.45) is 11.3 Å². The Kier molecular flexibility index (Phi) is 11.3. The summed E-state index contributed by atoms with van der Waals surface area (Å²) in [4.78, 5) is 54.4. The molecule has 2 aromatic carbocycles. The standard InChI is InChI=1S/C43H51FN6O7S2/c1-9-25-20-43(25,41(53)49-59(54,55)29-14-15-29)48-38(51)33-18-28(21-50(33)40(52)37(42(5,6)7)45-27-12-10-26(44)11-13-27)57-35-19-31(39-47-32(22-58-39)23(2)3)46-36-24(4)34(56-8)17-16-30(35)36/h9-13,16-17,19,22-23,25,28-29,33,37,45H,1,14-15,18,20-21H2,2-8H3,(H,48,51)(H,49,53)/t25-,28-,33+,37-,43-/m1/s1. The van der Waals surface area contributed by atoms with Crippen molar-refractivity contribution in [2.45, 2.75) is 102 Å². The number of methoxy groups -OCH3 is 1. The lowest BCUT2D eigenvalue weighted by molar-refractivity contribution is -0.141. The number of anilines is 1. The van der Waals surface area contributed by atoms with Gasteiger partial charge in [-0.2, -0.15) is 0 Å². The van der Waals surface area contributed by atoms with Crippen LogP contribution in [0.1, 0.15) is 77.5 Å². The number of aryl methyl sites for hydroxylation is 1. The number of thiazole rings is 1. The number of carbonyl (C=O) groups is 3. The van der Waals surface area contributed by atoms with E-state index in [1.165, 1.54) is 46.6 Å². The lowest BCUT2D eigenvalue weighted by atomic mass is 9.85. The Bertz CT molecular complexity index is 2410. The van der Waals surface area contributed by atoms with E-state index in [9.17, 15) is 27.2 Å². The van der Waals surface area contributed by atoms with Gasteiger partial charge in [0.05, 0.1) is 30.1 Å². The van der Waals surface area contributed by atoms with Gasteiger partial charge < -0.3 is 25.0 Å². The van der Waals surface area contributed by atoms with Crippen molar-refractivity contribution in [1.29, 1.82) is 0 Å². The van der Waals surface area contributed by atoms with E-state index in [0.29, 0.717) is 51.6 Å². The number of nitrogens with zero attached hydrogens (tertiary/aromatic N) is 3. The summed E-state index contributed by atoms with van der Waals surface area (Å²) in [6, 6.07) is 9.18. The SMILES string of the molecule is C=C[C@@H]1C[C@]1(NC(=O)[C@@H]1C[C@@H](Oc2cc(-c3nc(C(C)C)cs3)nc3c(C)c(OC)ccc23)CN1C(=O)[C@@H](Nc1ccc(F)cc1)C(C)(C)C)C(=O)NS(=O)(=O)C1CC1. The van der Waals surface area contributed by atoms with Crippen LogP contribution >= 0.6 is 11.3 Å². The van der Waals surface area contributed by atoms with Crippen molar-refractivity contribution in [2.75, 3.05) is 19.0 Å². The summed E-state index contributed by atoms with van der Waals surface area (Å²) < 4.78 is 54.2.